The van der Waals surface area contributed by atoms with Gasteiger partial charge >= 0.3 is 0 Å². The molecule has 0 saturated carbocycles. The van der Waals surface area contributed by atoms with Crippen LogP contribution in [0.25, 0.3) is 0 Å². The summed E-state index contributed by atoms with van der Waals surface area (Å²) < 4.78 is 39.9. The second-order valence-electron chi connectivity index (χ2n) is 6.05. The number of H-pyrrole nitrogens is 1. The second kappa shape index (κ2) is 6.52. The molecular weight excluding hydrogens is 349 g/mol. The lowest BCUT2D eigenvalue weighted by Crippen LogP contribution is -2.59. The van der Waals surface area contributed by atoms with Crippen molar-refractivity contribution in [1.82, 2.24) is 24.6 Å². The van der Waals surface area contributed by atoms with Crippen LogP contribution in [0.3, 0.4) is 0 Å². The maximum atomic E-state index is 13.0. The van der Waals surface area contributed by atoms with Crippen molar-refractivity contribution in [2.45, 2.75) is 30.8 Å². The van der Waals surface area contributed by atoms with E-state index in [4.69, 9.17) is 0 Å². The van der Waals surface area contributed by atoms with Gasteiger partial charge in [0.2, 0.25) is 10.0 Å². The molecule has 25 heavy (non-hydrogen) atoms. The zero-order valence-corrected chi connectivity index (χ0v) is 14.6. The fourth-order valence-electron chi connectivity index (χ4n) is 3.06. The van der Waals surface area contributed by atoms with E-state index in [-0.39, 0.29) is 41.7 Å². The molecule has 1 aliphatic heterocycles. The average molecular weight is 367 g/mol. The van der Waals surface area contributed by atoms with Gasteiger partial charge in [-0.1, -0.05) is 5.21 Å². The molecule has 1 amide bonds. The van der Waals surface area contributed by atoms with Crippen molar-refractivity contribution in [3.8, 4) is 0 Å². The van der Waals surface area contributed by atoms with Gasteiger partial charge in [-0.05, 0) is 38.1 Å². The van der Waals surface area contributed by atoms with Gasteiger partial charge in [-0.25, -0.2) is 12.8 Å². The summed E-state index contributed by atoms with van der Waals surface area (Å²) in [7, 11) is -3.75. The van der Waals surface area contributed by atoms with Gasteiger partial charge in [0.05, 0.1) is 11.1 Å². The Labute approximate surface area is 144 Å². The summed E-state index contributed by atoms with van der Waals surface area (Å²) in [6.07, 6.45) is 1.41. The molecule has 1 fully saturated rings. The minimum absolute atomic E-state index is 0.0320. The smallest absolute Gasteiger partial charge is 0.276 e. The van der Waals surface area contributed by atoms with Crippen LogP contribution in [0.5, 0.6) is 0 Å². The number of nitrogens with one attached hydrogen (secondary N) is 1. The molecule has 3 rings (SSSR count). The van der Waals surface area contributed by atoms with Gasteiger partial charge in [0.1, 0.15) is 5.82 Å². The van der Waals surface area contributed by atoms with Crippen LogP contribution in [0.15, 0.2) is 35.4 Å². The molecule has 1 saturated heterocycles. The molecule has 1 aliphatic rings. The Kier molecular flexibility index (Phi) is 4.56. The van der Waals surface area contributed by atoms with Crippen LogP contribution in [-0.2, 0) is 10.0 Å². The predicted octanol–water partition coefficient (Wildman–Crippen LogP) is 0.867. The molecule has 0 aliphatic carbocycles. The van der Waals surface area contributed by atoms with Crippen molar-refractivity contribution in [2.24, 2.45) is 0 Å². The van der Waals surface area contributed by atoms with Crippen LogP contribution in [-0.4, -0.2) is 64.1 Å². The number of carbonyl (C=O) groups excluding carboxylic acids is 1. The number of nitrogens with zero attached hydrogens (tertiary/aromatic N) is 4. The summed E-state index contributed by atoms with van der Waals surface area (Å²) in [5.74, 6) is -0.795. The lowest BCUT2D eigenvalue weighted by Gasteiger charge is -2.43. The number of aromatic amines is 1. The predicted molar refractivity (Wildman–Crippen MR) is 86.6 cm³/mol. The van der Waals surface area contributed by atoms with Crippen LogP contribution in [0.2, 0.25) is 0 Å². The van der Waals surface area contributed by atoms with E-state index in [0.29, 0.717) is 0 Å². The zero-order valence-electron chi connectivity index (χ0n) is 13.8. The van der Waals surface area contributed by atoms with E-state index in [1.54, 1.807) is 18.7 Å². The summed E-state index contributed by atoms with van der Waals surface area (Å²) in [4.78, 5) is 14.2. The summed E-state index contributed by atoms with van der Waals surface area (Å²) >= 11 is 0. The maximum absolute atomic E-state index is 13.0. The van der Waals surface area contributed by atoms with Crippen LogP contribution >= 0.6 is 0 Å². The molecule has 2 heterocycles. The fourth-order valence-corrected chi connectivity index (χ4v) is 4.67. The highest BCUT2D eigenvalue weighted by molar-refractivity contribution is 7.89. The molecule has 1 aromatic carbocycles. The highest BCUT2D eigenvalue weighted by atomic mass is 32.2. The fraction of sp³-hybridized carbons (Fsp3) is 0.400. The van der Waals surface area contributed by atoms with E-state index in [1.807, 2.05) is 0 Å². The van der Waals surface area contributed by atoms with E-state index < -0.39 is 15.8 Å². The summed E-state index contributed by atoms with van der Waals surface area (Å²) in [5, 5.41) is 9.74. The van der Waals surface area contributed by atoms with Gasteiger partial charge in [-0.15, -0.1) is 5.10 Å². The Morgan fingerprint density at radius 2 is 1.80 bits per heavy atom. The first kappa shape index (κ1) is 17.5. The molecular formula is C15H18FN5O3S. The molecule has 0 spiro atoms. The number of benzene rings is 1. The van der Waals surface area contributed by atoms with Crippen molar-refractivity contribution in [2.75, 3.05) is 13.1 Å². The van der Waals surface area contributed by atoms with E-state index >= 15 is 0 Å². The molecule has 10 heteroatoms. The lowest BCUT2D eigenvalue weighted by molar-refractivity contribution is 0.0434. The quantitative estimate of drug-likeness (QED) is 0.868. The molecule has 8 nitrogen and oxygen atoms in total. The standard InChI is InChI=1S/C15H18FN5O3S/c1-10-8-20(25(23,24)13-5-3-12(16)4-6-13)9-11(2)21(10)15(22)14-7-17-19-18-14/h3-7,10-11H,8-9H2,1-2H3,(H,17,18,19)/t10-,11+. The third kappa shape index (κ3) is 3.27. The molecule has 2 aromatic rings. The minimum atomic E-state index is -3.75. The number of halogens is 1. The first-order valence-corrected chi connectivity index (χ1v) is 9.19. The third-order valence-corrected chi connectivity index (χ3v) is 6.05. The SMILES string of the molecule is C[C@@H]1CN(S(=O)(=O)c2ccc(F)cc2)C[C@H](C)N1C(=O)c1c[nH]nn1. The first-order chi connectivity index (χ1) is 11.8. The molecule has 134 valence electrons. The lowest BCUT2D eigenvalue weighted by atomic mass is 10.1. The number of aromatic nitrogens is 3. The molecule has 0 bridgehead atoms. The number of amides is 1. The summed E-state index contributed by atoms with van der Waals surface area (Å²) in [6.45, 7) is 3.85. The molecule has 0 radical (unpaired) electrons. The van der Waals surface area contributed by atoms with E-state index in [0.717, 1.165) is 12.1 Å². The Bertz CT molecular complexity index is 842. The van der Waals surface area contributed by atoms with Crippen LogP contribution in [0.4, 0.5) is 4.39 Å². The second-order valence-corrected chi connectivity index (χ2v) is 7.98. The summed E-state index contributed by atoms with van der Waals surface area (Å²) in [6, 6.07) is 4.03. The van der Waals surface area contributed by atoms with E-state index in [1.165, 1.54) is 22.6 Å². The molecule has 2 atom stereocenters. The van der Waals surface area contributed by atoms with Gasteiger partial charge < -0.3 is 4.90 Å². The highest BCUT2D eigenvalue weighted by Crippen LogP contribution is 2.24. The van der Waals surface area contributed by atoms with Crippen molar-refractivity contribution in [1.29, 1.82) is 0 Å². The van der Waals surface area contributed by atoms with E-state index in [2.05, 4.69) is 15.4 Å². The monoisotopic (exact) mass is 367 g/mol. The normalized spacial score (nSPS) is 22.1. The van der Waals surface area contributed by atoms with Crippen molar-refractivity contribution in [3.63, 3.8) is 0 Å². The van der Waals surface area contributed by atoms with Gasteiger partial charge in [0.15, 0.2) is 5.69 Å². The Morgan fingerprint density at radius 3 is 2.32 bits per heavy atom. The number of sulfonamides is 1. The molecule has 1 N–H and O–H groups in total. The van der Waals surface area contributed by atoms with Crippen molar-refractivity contribution < 1.29 is 17.6 Å². The van der Waals surface area contributed by atoms with Crippen LogP contribution < -0.4 is 0 Å². The maximum Gasteiger partial charge on any atom is 0.276 e. The first-order valence-electron chi connectivity index (χ1n) is 7.75. The Morgan fingerprint density at radius 1 is 1.20 bits per heavy atom. The van der Waals surface area contributed by atoms with Gasteiger partial charge in [-0.3, -0.25) is 9.89 Å². The van der Waals surface area contributed by atoms with Crippen molar-refractivity contribution in [3.05, 3.63) is 42.0 Å². The number of carbonyl (C=O) groups is 1. The van der Waals surface area contributed by atoms with Gasteiger partial charge in [0.25, 0.3) is 5.91 Å². The van der Waals surface area contributed by atoms with Crippen molar-refractivity contribution >= 4 is 15.9 Å². The van der Waals surface area contributed by atoms with Crippen LogP contribution in [0.1, 0.15) is 24.3 Å². The Balaban J connectivity index is 1.82. The average Bonchev–Trinajstić information content (AvgIpc) is 3.09. The topological polar surface area (TPSA) is 99.3 Å². The number of hydrogen-bond donors (Lipinski definition) is 1. The van der Waals surface area contributed by atoms with Crippen LogP contribution in [0, 0.1) is 5.82 Å². The number of piperazine rings is 1. The number of rotatable bonds is 3. The van der Waals surface area contributed by atoms with Gasteiger partial charge in [0, 0.05) is 25.2 Å². The number of hydrogen-bond acceptors (Lipinski definition) is 5. The molecule has 0 unspecified atom stereocenters. The largest absolute Gasteiger partial charge is 0.329 e. The highest BCUT2D eigenvalue weighted by Gasteiger charge is 2.39. The minimum Gasteiger partial charge on any atom is -0.329 e. The summed E-state index contributed by atoms with van der Waals surface area (Å²) in [5.41, 5.74) is 0.188. The molecule has 1 aromatic heterocycles. The Hall–Kier alpha value is -2.33. The van der Waals surface area contributed by atoms with E-state index in [9.17, 15) is 17.6 Å². The zero-order chi connectivity index (χ0) is 18.2. The third-order valence-electron chi connectivity index (χ3n) is 4.21. The van der Waals surface area contributed by atoms with Gasteiger partial charge in [-0.2, -0.15) is 4.31 Å².